The Bertz CT molecular complexity index is 487. The third kappa shape index (κ3) is 3.96. The van der Waals surface area contributed by atoms with Gasteiger partial charge >= 0.3 is 0 Å². The van der Waals surface area contributed by atoms with Crippen LogP contribution in [0.1, 0.15) is 18.9 Å². The quantitative estimate of drug-likeness (QED) is 0.861. The van der Waals surface area contributed by atoms with E-state index in [0.717, 1.165) is 5.56 Å². The summed E-state index contributed by atoms with van der Waals surface area (Å²) in [6.07, 6.45) is 0.364. The number of aryl methyl sites for hydroxylation is 1. The Morgan fingerprint density at radius 2 is 2.12 bits per heavy atom. The van der Waals surface area contributed by atoms with Crippen LogP contribution in [0.25, 0.3) is 0 Å². The lowest BCUT2D eigenvalue weighted by molar-refractivity contribution is 0.275. The van der Waals surface area contributed by atoms with Gasteiger partial charge in [0, 0.05) is 12.6 Å². The molecule has 4 nitrogen and oxygen atoms in total. The minimum atomic E-state index is -3.62. The van der Waals surface area contributed by atoms with Crippen LogP contribution in [0.4, 0.5) is 0 Å². The predicted octanol–water partition coefficient (Wildman–Crippen LogP) is 1.70. The summed E-state index contributed by atoms with van der Waals surface area (Å²) in [5.74, 6) is 0. The Labute approximate surface area is 107 Å². The zero-order valence-corrected chi connectivity index (χ0v) is 11.3. The van der Waals surface area contributed by atoms with Crippen molar-refractivity contribution in [3.05, 3.63) is 28.8 Å². The molecule has 0 saturated carbocycles. The second-order valence-electron chi connectivity index (χ2n) is 3.97. The van der Waals surface area contributed by atoms with Crippen LogP contribution in [0.3, 0.4) is 0 Å². The average Bonchev–Trinajstić information content (AvgIpc) is 2.15. The maximum Gasteiger partial charge on any atom is 0.242 e. The fourth-order valence-corrected chi connectivity index (χ4v) is 3.28. The molecule has 0 amide bonds. The van der Waals surface area contributed by atoms with E-state index in [4.69, 9.17) is 16.7 Å². The molecule has 1 aromatic rings. The molecule has 0 spiro atoms. The molecule has 1 atom stereocenters. The van der Waals surface area contributed by atoms with Gasteiger partial charge in [-0.25, -0.2) is 13.1 Å². The molecule has 1 rings (SSSR count). The number of benzene rings is 1. The van der Waals surface area contributed by atoms with Crippen molar-refractivity contribution in [3.8, 4) is 0 Å². The number of aliphatic hydroxyl groups is 1. The molecule has 0 aromatic heterocycles. The van der Waals surface area contributed by atoms with E-state index in [1.165, 1.54) is 6.07 Å². The first kappa shape index (κ1) is 14.4. The summed E-state index contributed by atoms with van der Waals surface area (Å²) in [5, 5.41) is 8.94. The van der Waals surface area contributed by atoms with Gasteiger partial charge in [0.1, 0.15) is 4.90 Å². The summed E-state index contributed by atoms with van der Waals surface area (Å²) < 4.78 is 26.4. The molecule has 0 bridgehead atoms. The largest absolute Gasteiger partial charge is 0.396 e. The van der Waals surface area contributed by atoms with Crippen LogP contribution in [0, 0.1) is 6.92 Å². The molecule has 0 aliphatic rings. The van der Waals surface area contributed by atoms with Gasteiger partial charge in [0.05, 0.1) is 5.02 Å². The first-order chi connectivity index (χ1) is 7.86. The highest BCUT2D eigenvalue weighted by Crippen LogP contribution is 2.22. The maximum absolute atomic E-state index is 12.0. The van der Waals surface area contributed by atoms with E-state index in [1.807, 2.05) is 6.92 Å². The first-order valence-corrected chi connectivity index (χ1v) is 7.12. The minimum absolute atomic E-state index is 0.0642. The normalized spacial score (nSPS) is 13.6. The highest BCUT2D eigenvalue weighted by molar-refractivity contribution is 7.89. The minimum Gasteiger partial charge on any atom is -0.396 e. The van der Waals surface area contributed by atoms with Gasteiger partial charge in [-0.15, -0.1) is 0 Å². The molecule has 17 heavy (non-hydrogen) atoms. The second-order valence-corrected chi connectivity index (χ2v) is 6.06. The van der Waals surface area contributed by atoms with Gasteiger partial charge in [0.15, 0.2) is 0 Å². The van der Waals surface area contributed by atoms with Gasteiger partial charge in [-0.05, 0) is 38.0 Å². The van der Waals surface area contributed by atoms with Gasteiger partial charge in [0.25, 0.3) is 0 Å². The third-order valence-electron chi connectivity index (χ3n) is 2.30. The lowest BCUT2D eigenvalue weighted by Gasteiger charge is -2.14. The standard InChI is InChI=1S/C11H16ClNO3S/c1-8-3-4-11(10(12)7-8)17(15,16)13-9(2)5-6-14/h3-4,7,9,13-14H,5-6H2,1-2H3. The van der Waals surface area contributed by atoms with E-state index in [2.05, 4.69) is 4.72 Å². The van der Waals surface area contributed by atoms with Crippen LogP contribution in [0.15, 0.2) is 23.1 Å². The summed E-state index contributed by atoms with van der Waals surface area (Å²) in [6, 6.07) is 4.44. The van der Waals surface area contributed by atoms with Gasteiger partial charge in [-0.3, -0.25) is 0 Å². The number of nitrogens with one attached hydrogen (secondary N) is 1. The van der Waals surface area contributed by atoms with Gasteiger partial charge in [0.2, 0.25) is 10.0 Å². The van der Waals surface area contributed by atoms with Crippen molar-refractivity contribution in [2.45, 2.75) is 31.2 Å². The number of hydrogen-bond donors (Lipinski definition) is 2. The molecule has 0 aliphatic carbocycles. The fourth-order valence-electron chi connectivity index (χ4n) is 1.40. The van der Waals surface area contributed by atoms with Crippen LogP contribution in [0.5, 0.6) is 0 Å². The highest BCUT2D eigenvalue weighted by atomic mass is 35.5. The molecule has 0 aliphatic heterocycles. The molecular formula is C11H16ClNO3S. The van der Waals surface area contributed by atoms with Crippen molar-refractivity contribution in [2.24, 2.45) is 0 Å². The molecular weight excluding hydrogens is 262 g/mol. The van der Waals surface area contributed by atoms with Crippen molar-refractivity contribution in [1.29, 1.82) is 0 Å². The molecule has 1 unspecified atom stereocenters. The van der Waals surface area contributed by atoms with Crippen LogP contribution in [-0.4, -0.2) is 26.2 Å². The number of rotatable bonds is 5. The predicted molar refractivity (Wildman–Crippen MR) is 67.7 cm³/mol. The topological polar surface area (TPSA) is 66.4 Å². The van der Waals surface area contributed by atoms with Crippen LogP contribution in [-0.2, 0) is 10.0 Å². The maximum atomic E-state index is 12.0. The summed E-state index contributed by atoms with van der Waals surface area (Å²) >= 11 is 5.91. The molecule has 6 heteroatoms. The Balaban J connectivity index is 2.97. The van der Waals surface area contributed by atoms with Gasteiger partial charge in [-0.1, -0.05) is 17.7 Å². The fraction of sp³-hybridized carbons (Fsp3) is 0.455. The zero-order chi connectivity index (χ0) is 13.1. The molecule has 0 fully saturated rings. The SMILES string of the molecule is Cc1ccc(S(=O)(=O)NC(C)CCO)c(Cl)c1. The number of halogens is 1. The van der Waals surface area contributed by atoms with E-state index >= 15 is 0 Å². The van der Waals surface area contributed by atoms with E-state index in [-0.39, 0.29) is 22.6 Å². The van der Waals surface area contributed by atoms with E-state index in [0.29, 0.717) is 6.42 Å². The van der Waals surface area contributed by atoms with Crippen molar-refractivity contribution >= 4 is 21.6 Å². The Hall–Kier alpha value is -0.620. The first-order valence-electron chi connectivity index (χ1n) is 5.26. The summed E-state index contributed by atoms with van der Waals surface area (Å²) in [4.78, 5) is 0.0644. The molecule has 1 aromatic carbocycles. The molecule has 96 valence electrons. The molecule has 0 saturated heterocycles. The van der Waals surface area contributed by atoms with Crippen LogP contribution in [0.2, 0.25) is 5.02 Å². The van der Waals surface area contributed by atoms with E-state index < -0.39 is 10.0 Å². The van der Waals surface area contributed by atoms with Gasteiger partial charge in [-0.2, -0.15) is 0 Å². The third-order valence-corrected chi connectivity index (χ3v) is 4.37. The lowest BCUT2D eigenvalue weighted by atomic mass is 10.2. The van der Waals surface area contributed by atoms with Crippen molar-refractivity contribution < 1.29 is 13.5 Å². The van der Waals surface area contributed by atoms with Crippen molar-refractivity contribution in [1.82, 2.24) is 4.72 Å². The summed E-state index contributed by atoms with van der Waals surface area (Å²) in [5.41, 5.74) is 0.900. The zero-order valence-electron chi connectivity index (χ0n) is 9.77. The molecule has 0 radical (unpaired) electrons. The number of sulfonamides is 1. The Morgan fingerprint density at radius 1 is 1.47 bits per heavy atom. The van der Waals surface area contributed by atoms with Gasteiger partial charge < -0.3 is 5.11 Å². The monoisotopic (exact) mass is 277 g/mol. The average molecular weight is 278 g/mol. The number of hydrogen-bond acceptors (Lipinski definition) is 3. The highest BCUT2D eigenvalue weighted by Gasteiger charge is 2.19. The van der Waals surface area contributed by atoms with Crippen molar-refractivity contribution in [3.63, 3.8) is 0 Å². The number of aliphatic hydroxyl groups excluding tert-OH is 1. The Morgan fingerprint density at radius 3 is 2.65 bits per heavy atom. The van der Waals surface area contributed by atoms with Crippen LogP contribution < -0.4 is 4.72 Å². The van der Waals surface area contributed by atoms with E-state index in [9.17, 15) is 8.42 Å². The molecule has 2 N–H and O–H groups in total. The van der Waals surface area contributed by atoms with Crippen LogP contribution >= 0.6 is 11.6 Å². The molecule has 0 heterocycles. The smallest absolute Gasteiger partial charge is 0.242 e. The lowest BCUT2D eigenvalue weighted by Crippen LogP contribution is -2.33. The summed E-state index contributed by atoms with van der Waals surface area (Å²) in [7, 11) is -3.62. The summed E-state index contributed by atoms with van der Waals surface area (Å²) in [6.45, 7) is 3.46. The second kappa shape index (κ2) is 5.82. The van der Waals surface area contributed by atoms with Crippen molar-refractivity contribution in [2.75, 3.05) is 6.61 Å². The Kier molecular flexibility index (Phi) is 4.94. The van der Waals surface area contributed by atoms with E-state index in [1.54, 1.807) is 19.1 Å².